The quantitative estimate of drug-likeness (QED) is 0.886. The molecule has 2 rings (SSSR count). The first-order chi connectivity index (χ1) is 9.47. The number of pyridine rings is 1. The molecule has 0 saturated carbocycles. The number of amides is 1. The van der Waals surface area contributed by atoms with Crippen LogP contribution in [0, 0.1) is 5.82 Å². The number of hydrogen-bond donors (Lipinski definition) is 2. The van der Waals surface area contributed by atoms with E-state index in [0.717, 1.165) is 6.07 Å². The molecule has 0 spiro atoms. The second-order valence-corrected chi connectivity index (χ2v) is 3.77. The summed E-state index contributed by atoms with van der Waals surface area (Å²) in [4.78, 5) is 25.3. The monoisotopic (exact) mass is 276 g/mol. The zero-order valence-corrected chi connectivity index (χ0v) is 10.0. The number of carbonyl (C=O) groups is 2. The molecule has 0 radical (unpaired) electrons. The lowest BCUT2D eigenvalue weighted by atomic mass is 10.2. The summed E-state index contributed by atoms with van der Waals surface area (Å²) in [5.74, 6) is -2.85. The predicted octanol–water partition coefficient (Wildman–Crippen LogP) is 1.81. The summed E-state index contributed by atoms with van der Waals surface area (Å²) in [5, 5.41) is 8.79. The van der Waals surface area contributed by atoms with Crippen molar-refractivity contribution < 1.29 is 23.8 Å². The highest BCUT2D eigenvalue weighted by atomic mass is 19.1. The van der Waals surface area contributed by atoms with Gasteiger partial charge in [-0.15, -0.1) is 0 Å². The third-order valence-electron chi connectivity index (χ3n) is 2.37. The number of carboxylic acids is 1. The Morgan fingerprint density at radius 2 is 2.00 bits per heavy atom. The van der Waals surface area contributed by atoms with E-state index in [9.17, 15) is 14.0 Å². The Bertz CT molecular complexity index is 688. The zero-order valence-electron chi connectivity index (χ0n) is 10.0. The number of carbonyl (C=O) groups excluding carboxylic acids is 1. The molecule has 7 heteroatoms. The van der Waals surface area contributed by atoms with E-state index in [-0.39, 0.29) is 22.9 Å². The number of rotatable bonds is 4. The molecule has 2 aromatic rings. The lowest BCUT2D eigenvalue weighted by Gasteiger charge is -2.06. The van der Waals surface area contributed by atoms with Crippen LogP contribution in [0.5, 0.6) is 11.6 Å². The van der Waals surface area contributed by atoms with Gasteiger partial charge >= 0.3 is 5.97 Å². The number of aromatic carboxylic acids is 1. The van der Waals surface area contributed by atoms with E-state index in [1.807, 2.05) is 0 Å². The molecule has 0 fully saturated rings. The van der Waals surface area contributed by atoms with Crippen LogP contribution in [0.15, 0.2) is 36.4 Å². The van der Waals surface area contributed by atoms with Crippen molar-refractivity contribution in [3.05, 3.63) is 53.5 Å². The maximum atomic E-state index is 13.5. The van der Waals surface area contributed by atoms with Crippen molar-refractivity contribution in [3.63, 3.8) is 0 Å². The summed E-state index contributed by atoms with van der Waals surface area (Å²) in [7, 11) is 0. The molecule has 0 aliphatic rings. The Kier molecular flexibility index (Phi) is 3.60. The number of carboxylic acid groups (broad SMARTS) is 1. The molecule has 1 amide bonds. The van der Waals surface area contributed by atoms with Crippen LogP contribution in [-0.4, -0.2) is 22.0 Å². The first-order valence-corrected chi connectivity index (χ1v) is 5.45. The first kappa shape index (κ1) is 13.5. The van der Waals surface area contributed by atoms with Gasteiger partial charge in [0.25, 0.3) is 5.91 Å². The van der Waals surface area contributed by atoms with Crippen LogP contribution in [0.1, 0.15) is 20.8 Å². The summed E-state index contributed by atoms with van der Waals surface area (Å²) in [5.41, 5.74) is 4.52. The van der Waals surface area contributed by atoms with E-state index < -0.39 is 17.7 Å². The Labute approximate surface area is 112 Å². The molecule has 3 N–H and O–H groups in total. The van der Waals surface area contributed by atoms with Gasteiger partial charge in [-0.1, -0.05) is 6.07 Å². The first-order valence-electron chi connectivity index (χ1n) is 5.45. The highest BCUT2D eigenvalue weighted by Gasteiger charge is 2.11. The van der Waals surface area contributed by atoms with Crippen molar-refractivity contribution in [2.75, 3.05) is 0 Å². The smallest absolute Gasteiger partial charge is 0.354 e. The van der Waals surface area contributed by atoms with Crippen LogP contribution in [0.4, 0.5) is 4.39 Å². The van der Waals surface area contributed by atoms with Gasteiger partial charge in [0.1, 0.15) is 11.6 Å². The van der Waals surface area contributed by atoms with E-state index in [2.05, 4.69) is 4.98 Å². The Balaban J connectivity index is 2.26. The number of nitrogens with two attached hydrogens (primary N) is 1. The van der Waals surface area contributed by atoms with Crippen molar-refractivity contribution in [3.8, 4) is 11.6 Å². The number of halogens is 1. The number of ether oxygens (including phenoxy) is 1. The fourth-order valence-corrected chi connectivity index (χ4v) is 1.47. The van der Waals surface area contributed by atoms with Crippen LogP contribution in [0.3, 0.4) is 0 Å². The average molecular weight is 276 g/mol. The molecule has 20 heavy (non-hydrogen) atoms. The second-order valence-electron chi connectivity index (χ2n) is 3.77. The molecule has 6 nitrogen and oxygen atoms in total. The minimum absolute atomic E-state index is 0.00359. The summed E-state index contributed by atoms with van der Waals surface area (Å²) >= 11 is 0. The topological polar surface area (TPSA) is 103 Å². The maximum absolute atomic E-state index is 13.5. The minimum Gasteiger partial charge on any atom is -0.477 e. The maximum Gasteiger partial charge on any atom is 0.354 e. The van der Waals surface area contributed by atoms with E-state index in [4.69, 9.17) is 15.6 Å². The zero-order chi connectivity index (χ0) is 14.7. The normalized spacial score (nSPS) is 10.1. The third-order valence-corrected chi connectivity index (χ3v) is 2.37. The van der Waals surface area contributed by atoms with Crippen molar-refractivity contribution in [2.45, 2.75) is 0 Å². The molecular formula is C13H9FN2O4. The Morgan fingerprint density at radius 3 is 2.60 bits per heavy atom. The van der Waals surface area contributed by atoms with Crippen LogP contribution >= 0.6 is 0 Å². The molecule has 0 unspecified atom stereocenters. The number of benzene rings is 1. The van der Waals surface area contributed by atoms with Gasteiger partial charge in [0.15, 0.2) is 5.69 Å². The summed E-state index contributed by atoms with van der Waals surface area (Å²) < 4.78 is 18.7. The lowest BCUT2D eigenvalue weighted by Crippen LogP contribution is -2.12. The number of hydrogen-bond acceptors (Lipinski definition) is 4. The Hall–Kier alpha value is -2.96. The Morgan fingerprint density at radius 1 is 1.25 bits per heavy atom. The van der Waals surface area contributed by atoms with Crippen LogP contribution in [0.25, 0.3) is 0 Å². The second kappa shape index (κ2) is 5.35. The molecule has 0 aliphatic heterocycles. The molecule has 0 aliphatic carbocycles. The van der Waals surface area contributed by atoms with Crippen LogP contribution < -0.4 is 10.5 Å². The van der Waals surface area contributed by atoms with Gasteiger partial charge < -0.3 is 15.6 Å². The fraction of sp³-hybridized carbons (Fsp3) is 0. The largest absolute Gasteiger partial charge is 0.477 e. The van der Waals surface area contributed by atoms with Gasteiger partial charge in [-0.25, -0.2) is 14.2 Å². The minimum atomic E-state index is -1.20. The van der Waals surface area contributed by atoms with Gasteiger partial charge in [-0.2, -0.15) is 0 Å². The molecule has 0 bridgehead atoms. The van der Waals surface area contributed by atoms with Crippen molar-refractivity contribution in [2.24, 2.45) is 5.73 Å². The highest BCUT2D eigenvalue weighted by molar-refractivity contribution is 5.93. The third kappa shape index (κ3) is 2.89. The van der Waals surface area contributed by atoms with Gasteiger partial charge in [0.2, 0.25) is 5.88 Å². The van der Waals surface area contributed by atoms with Crippen LogP contribution in [-0.2, 0) is 0 Å². The van der Waals surface area contributed by atoms with Gasteiger partial charge in [0.05, 0.1) is 5.56 Å². The molecular weight excluding hydrogens is 267 g/mol. The highest BCUT2D eigenvalue weighted by Crippen LogP contribution is 2.22. The van der Waals surface area contributed by atoms with E-state index >= 15 is 0 Å². The molecule has 1 aromatic heterocycles. The van der Waals surface area contributed by atoms with E-state index in [1.54, 1.807) is 0 Å². The average Bonchev–Trinajstić information content (AvgIpc) is 2.38. The summed E-state index contributed by atoms with van der Waals surface area (Å²) in [6.45, 7) is 0. The van der Waals surface area contributed by atoms with Gasteiger partial charge in [-0.3, -0.25) is 4.79 Å². The molecule has 102 valence electrons. The van der Waals surface area contributed by atoms with E-state index in [0.29, 0.717) is 0 Å². The van der Waals surface area contributed by atoms with Gasteiger partial charge in [0, 0.05) is 12.1 Å². The van der Waals surface area contributed by atoms with Crippen molar-refractivity contribution in [1.29, 1.82) is 0 Å². The predicted molar refractivity (Wildman–Crippen MR) is 66.2 cm³/mol. The summed E-state index contributed by atoms with van der Waals surface area (Å²) in [6.07, 6.45) is 0. The molecule has 1 aromatic carbocycles. The van der Waals surface area contributed by atoms with E-state index in [1.165, 1.54) is 30.3 Å². The number of aromatic nitrogens is 1. The molecule has 0 saturated heterocycles. The summed E-state index contributed by atoms with van der Waals surface area (Å²) in [6, 6.07) is 7.64. The lowest BCUT2D eigenvalue weighted by molar-refractivity contribution is 0.0689. The number of nitrogens with zero attached hydrogens (tertiary/aromatic N) is 1. The molecule has 1 heterocycles. The van der Waals surface area contributed by atoms with Gasteiger partial charge in [-0.05, 0) is 18.2 Å². The number of primary amides is 1. The fourth-order valence-electron chi connectivity index (χ4n) is 1.47. The standard InChI is InChI=1S/C13H9FN2O4/c14-9-6-7(4-5-8(9)12(15)17)20-11-3-1-2-10(16-11)13(18)19/h1-6H,(H2,15,17)(H,18,19). The van der Waals surface area contributed by atoms with Crippen LogP contribution in [0.2, 0.25) is 0 Å². The molecule has 0 atom stereocenters. The van der Waals surface area contributed by atoms with Crippen molar-refractivity contribution >= 4 is 11.9 Å². The SMILES string of the molecule is NC(=O)c1ccc(Oc2cccc(C(=O)O)n2)cc1F. The van der Waals surface area contributed by atoms with Crippen molar-refractivity contribution in [1.82, 2.24) is 4.98 Å².